The lowest BCUT2D eigenvalue weighted by Crippen LogP contribution is -2.14. The molecule has 1 amide bonds. The van der Waals surface area contributed by atoms with E-state index in [2.05, 4.69) is 15.5 Å². The summed E-state index contributed by atoms with van der Waals surface area (Å²) in [5, 5.41) is 12.2. The zero-order valence-electron chi connectivity index (χ0n) is 15.7. The van der Waals surface area contributed by atoms with Gasteiger partial charge in [0.1, 0.15) is 27.8 Å². The lowest BCUT2D eigenvalue weighted by atomic mass is 10.1. The Morgan fingerprint density at radius 1 is 1.00 bits per heavy atom. The third-order valence-electron chi connectivity index (χ3n) is 3.89. The Hall–Kier alpha value is -3.13. The number of anilines is 1. The summed E-state index contributed by atoms with van der Waals surface area (Å²) in [6, 6.07) is 14.8. The first-order valence-electron chi connectivity index (χ1n) is 8.74. The first kappa shape index (κ1) is 19.6. The van der Waals surface area contributed by atoms with Gasteiger partial charge < -0.3 is 14.2 Å². The maximum Gasteiger partial charge on any atom is 0.265 e. The maximum absolute atomic E-state index is 12.6. The third-order valence-corrected chi connectivity index (χ3v) is 4.79. The van der Waals surface area contributed by atoms with Crippen LogP contribution in [-0.4, -0.2) is 36.9 Å². The van der Waals surface area contributed by atoms with Crippen molar-refractivity contribution in [1.29, 1.82) is 0 Å². The van der Waals surface area contributed by atoms with Crippen LogP contribution in [0.3, 0.4) is 0 Å². The van der Waals surface area contributed by atoms with Crippen LogP contribution in [0.4, 0.5) is 5.13 Å². The molecule has 0 saturated carbocycles. The molecule has 0 spiro atoms. The van der Waals surface area contributed by atoms with E-state index in [1.165, 1.54) is 25.6 Å². The van der Waals surface area contributed by atoms with Gasteiger partial charge in [0, 0.05) is 6.42 Å². The standard InChI is InChI=1S/C20H21N3O4S/c1-25-15-10-6-11-16(26-2)18(15)19(24)21-20-23-22-17(28-20)12-7-13-27-14-8-4-3-5-9-14/h3-6,8-11H,7,12-13H2,1-2H3,(H,21,23,24). The molecule has 0 unspecified atom stereocenters. The van der Waals surface area contributed by atoms with Gasteiger partial charge in [0.25, 0.3) is 5.91 Å². The zero-order chi connectivity index (χ0) is 19.8. The number of aryl methyl sites for hydroxylation is 1. The molecule has 3 aromatic rings. The quantitative estimate of drug-likeness (QED) is 0.551. The zero-order valence-corrected chi connectivity index (χ0v) is 16.5. The van der Waals surface area contributed by atoms with Crippen LogP contribution in [0, 0.1) is 0 Å². The molecule has 0 fully saturated rings. The van der Waals surface area contributed by atoms with E-state index in [-0.39, 0.29) is 5.91 Å². The van der Waals surface area contributed by atoms with E-state index < -0.39 is 0 Å². The Kier molecular flexibility index (Phi) is 6.80. The average molecular weight is 399 g/mol. The van der Waals surface area contributed by atoms with E-state index in [0.29, 0.717) is 28.8 Å². The normalized spacial score (nSPS) is 10.4. The summed E-state index contributed by atoms with van der Waals surface area (Å²) in [6.07, 6.45) is 1.52. The van der Waals surface area contributed by atoms with Crippen molar-refractivity contribution in [1.82, 2.24) is 10.2 Å². The number of carbonyl (C=O) groups excluding carboxylic acids is 1. The van der Waals surface area contributed by atoms with Crippen LogP contribution in [0.2, 0.25) is 0 Å². The second-order valence-electron chi connectivity index (χ2n) is 5.76. The van der Waals surface area contributed by atoms with Gasteiger partial charge >= 0.3 is 0 Å². The van der Waals surface area contributed by atoms with Gasteiger partial charge in [0.15, 0.2) is 0 Å². The number of para-hydroxylation sites is 1. The van der Waals surface area contributed by atoms with Crippen molar-refractivity contribution in [2.45, 2.75) is 12.8 Å². The molecule has 0 aliphatic carbocycles. The van der Waals surface area contributed by atoms with Crippen LogP contribution in [-0.2, 0) is 6.42 Å². The maximum atomic E-state index is 12.6. The van der Waals surface area contributed by atoms with E-state index in [9.17, 15) is 4.79 Å². The lowest BCUT2D eigenvalue weighted by molar-refractivity contribution is 0.102. The molecule has 0 aliphatic heterocycles. The molecule has 1 aromatic heterocycles. The molecular formula is C20H21N3O4S. The van der Waals surface area contributed by atoms with Crippen molar-refractivity contribution in [2.75, 3.05) is 26.1 Å². The Morgan fingerprint density at radius 3 is 2.39 bits per heavy atom. The Morgan fingerprint density at radius 2 is 1.71 bits per heavy atom. The molecular weight excluding hydrogens is 378 g/mol. The number of carbonyl (C=O) groups is 1. The minimum absolute atomic E-state index is 0.320. The van der Waals surface area contributed by atoms with Gasteiger partial charge in [0.2, 0.25) is 5.13 Å². The van der Waals surface area contributed by atoms with Gasteiger partial charge in [-0.3, -0.25) is 10.1 Å². The largest absolute Gasteiger partial charge is 0.496 e. The summed E-state index contributed by atoms with van der Waals surface area (Å²) in [4.78, 5) is 12.6. The van der Waals surface area contributed by atoms with Gasteiger partial charge in [-0.15, -0.1) is 10.2 Å². The predicted octanol–water partition coefficient (Wildman–Crippen LogP) is 3.82. The van der Waals surface area contributed by atoms with E-state index in [0.717, 1.165) is 23.6 Å². The van der Waals surface area contributed by atoms with Gasteiger partial charge in [-0.2, -0.15) is 0 Å². The number of amides is 1. The number of benzene rings is 2. The summed E-state index contributed by atoms with van der Waals surface area (Å²) in [5.41, 5.74) is 0.320. The van der Waals surface area contributed by atoms with Crippen LogP contribution in [0.1, 0.15) is 21.8 Å². The van der Waals surface area contributed by atoms with Crippen LogP contribution in [0.15, 0.2) is 48.5 Å². The lowest BCUT2D eigenvalue weighted by Gasteiger charge is -2.11. The Balaban J connectivity index is 1.55. The predicted molar refractivity (Wildman–Crippen MR) is 108 cm³/mol. The highest BCUT2D eigenvalue weighted by molar-refractivity contribution is 7.15. The molecule has 0 aliphatic rings. The molecule has 8 heteroatoms. The van der Waals surface area contributed by atoms with Crippen molar-refractivity contribution in [3.05, 3.63) is 59.1 Å². The minimum Gasteiger partial charge on any atom is -0.496 e. The SMILES string of the molecule is COc1cccc(OC)c1C(=O)Nc1nnc(CCCOc2ccccc2)s1. The van der Waals surface area contributed by atoms with Crippen LogP contribution >= 0.6 is 11.3 Å². The number of nitrogens with one attached hydrogen (secondary N) is 1. The van der Waals surface area contributed by atoms with Crippen LogP contribution < -0.4 is 19.5 Å². The topological polar surface area (TPSA) is 82.6 Å². The molecule has 7 nitrogen and oxygen atoms in total. The van der Waals surface area contributed by atoms with Gasteiger partial charge in [-0.25, -0.2) is 0 Å². The smallest absolute Gasteiger partial charge is 0.265 e. The van der Waals surface area contributed by atoms with Crippen molar-refractivity contribution in [3.63, 3.8) is 0 Å². The van der Waals surface area contributed by atoms with Gasteiger partial charge in [0.05, 0.1) is 20.8 Å². The molecule has 0 saturated heterocycles. The molecule has 1 N–H and O–H groups in total. The monoisotopic (exact) mass is 399 g/mol. The summed E-state index contributed by atoms with van der Waals surface area (Å²) in [5.74, 6) is 1.35. The number of hydrogen-bond acceptors (Lipinski definition) is 7. The summed E-state index contributed by atoms with van der Waals surface area (Å²) < 4.78 is 16.2. The van der Waals surface area contributed by atoms with E-state index >= 15 is 0 Å². The molecule has 1 heterocycles. The Labute approximate surface area is 167 Å². The number of methoxy groups -OCH3 is 2. The summed E-state index contributed by atoms with van der Waals surface area (Å²) in [7, 11) is 3.01. The molecule has 0 bridgehead atoms. The van der Waals surface area contributed by atoms with Crippen molar-refractivity contribution in [2.24, 2.45) is 0 Å². The third kappa shape index (κ3) is 4.98. The first-order valence-corrected chi connectivity index (χ1v) is 9.55. The second-order valence-corrected chi connectivity index (χ2v) is 6.82. The number of ether oxygens (including phenoxy) is 3. The number of rotatable bonds is 9. The average Bonchev–Trinajstić information content (AvgIpc) is 3.18. The summed E-state index contributed by atoms with van der Waals surface area (Å²) in [6.45, 7) is 0.587. The van der Waals surface area contributed by atoms with E-state index in [4.69, 9.17) is 14.2 Å². The van der Waals surface area contributed by atoms with Crippen molar-refractivity contribution >= 4 is 22.4 Å². The fraction of sp³-hybridized carbons (Fsp3) is 0.250. The van der Waals surface area contributed by atoms with E-state index in [1.54, 1.807) is 18.2 Å². The fourth-order valence-corrected chi connectivity index (χ4v) is 3.35. The number of aromatic nitrogens is 2. The number of hydrogen-bond donors (Lipinski definition) is 1. The van der Waals surface area contributed by atoms with Crippen molar-refractivity contribution < 1.29 is 19.0 Å². The van der Waals surface area contributed by atoms with Crippen LogP contribution in [0.25, 0.3) is 0 Å². The van der Waals surface area contributed by atoms with Crippen molar-refractivity contribution in [3.8, 4) is 17.2 Å². The molecule has 0 radical (unpaired) electrons. The molecule has 28 heavy (non-hydrogen) atoms. The highest BCUT2D eigenvalue weighted by atomic mass is 32.1. The summed E-state index contributed by atoms with van der Waals surface area (Å²) >= 11 is 1.34. The first-order chi connectivity index (χ1) is 13.7. The highest BCUT2D eigenvalue weighted by Gasteiger charge is 2.19. The van der Waals surface area contributed by atoms with Gasteiger partial charge in [-0.05, 0) is 30.7 Å². The number of nitrogens with zero attached hydrogens (tertiary/aromatic N) is 2. The van der Waals surface area contributed by atoms with E-state index in [1.807, 2.05) is 30.3 Å². The molecule has 3 rings (SSSR count). The Bertz CT molecular complexity index is 893. The molecule has 2 aromatic carbocycles. The van der Waals surface area contributed by atoms with Gasteiger partial charge in [-0.1, -0.05) is 35.6 Å². The fourth-order valence-electron chi connectivity index (χ4n) is 2.57. The molecule has 0 atom stereocenters. The highest BCUT2D eigenvalue weighted by Crippen LogP contribution is 2.29. The molecule has 146 valence electrons. The minimum atomic E-state index is -0.357. The van der Waals surface area contributed by atoms with Crippen LogP contribution in [0.5, 0.6) is 17.2 Å². The second kappa shape index (κ2) is 9.70.